The van der Waals surface area contributed by atoms with Gasteiger partial charge in [0.25, 0.3) is 0 Å². The van der Waals surface area contributed by atoms with E-state index < -0.39 is 0 Å². The summed E-state index contributed by atoms with van der Waals surface area (Å²) in [5.41, 5.74) is 1.02. The molecule has 92 valence electrons. The van der Waals surface area contributed by atoms with Gasteiger partial charge >= 0.3 is 0 Å². The summed E-state index contributed by atoms with van der Waals surface area (Å²) in [4.78, 5) is 11.9. The van der Waals surface area contributed by atoms with Crippen LogP contribution in [0.15, 0.2) is 24.3 Å². The van der Waals surface area contributed by atoms with Gasteiger partial charge in [-0.25, -0.2) is 0 Å². The predicted octanol–water partition coefficient (Wildman–Crippen LogP) is 2.44. The molecule has 1 aliphatic carbocycles. The Kier molecular flexibility index (Phi) is 3.67. The molecule has 3 nitrogen and oxygen atoms in total. The largest absolute Gasteiger partial charge is 0.508 e. The van der Waals surface area contributed by atoms with E-state index in [0.29, 0.717) is 12.5 Å². The minimum absolute atomic E-state index is 0.170. The number of nitrogens with one attached hydrogen (secondary N) is 1. The van der Waals surface area contributed by atoms with Crippen LogP contribution in [0.4, 0.5) is 0 Å². The Labute approximate surface area is 102 Å². The normalized spacial score (nSPS) is 23.6. The minimum atomic E-state index is 0.170. The van der Waals surface area contributed by atoms with Gasteiger partial charge in [0.15, 0.2) is 0 Å². The quantitative estimate of drug-likeness (QED) is 0.842. The number of carbonyl (C=O) groups is 1. The van der Waals surface area contributed by atoms with Crippen molar-refractivity contribution < 1.29 is 9.90 Å². The second-order valence-electron chi connectivity index (χ2n) is 4.90. The molecule has 0 aromatic heterocycles. The molecule has 17 heavy (non-hydrogen) atoms. The number of hydrogen-bond donors (Lipinski definition) is 2. The van der Waals surface area contributed by atoms with E-state index in [1.807, 2.05) is 12.1 Å². The number of aromatic hydroxyl groups is 1. The average Bonchev–Trinajstić information content (AvgIpc) is 2.74. The first-order valence-corrected chi connectivity index (χ1v) is 6.22. The zero-order chi connectivity index (χ0) is 12.3. The van der Waals surface area contributed by atoms with Crippen molar-refractivity contribution in [3.8, 4) is 5.75 Å². The van der Waals surface area contributed by atoms with Gasteiger partial charge in [0.05, 0.1) is 0 Å². The van der Waals surface area contributed by atoms with Crippen LogP contribution in [0.1, 0.15) is 31.7 Å². The molecular formula is C14H19NO2. The van der Waals surface area contributed by atoms with Crippen LogP contribution in [0.5, 0.6) is 5.75 Å². The van der Waals surface area contributed by atoms with Crippen LogP contribution in [-0.2, 0) is 11.3 Å². The fourth-order valence-corrected chi connectivity index (χ4v) is 2.47. The van der Waals surface area contributed by atoms with Crippen molar-refractivity contribution in [2.24, 2.45) is 11.8 Å². The molecule has 2 N–H and O–H groups in total. The monoisotopic (exact) mass is 233 g/mol. The van der Waals surface area contributed by atoms with Gasteiger partial charge in [0.2, 0.25) is 5.91 Å². The Morgan fingerprint density at radius 2 is 2.06 bits per heavy atom. The van der Waals surface area contributed by atoms with E-state index in [1.54, 1.807) is 12.1 Å². The number of rotatable bonds is 3. The number of amides is 1. The van der Waals surface area contributed by atoms with Crippen LogP contribution in [0.25, 0.3) is 0 Å². The van der Waals surface area contributed by atoms with Gasteiger partial charge in [-0.05, 0) is 36.5 Å². The highest BCUT2D eigenvalue weighted by Crippen LogP contribution is 2.31. The van der Waals surface area contributed by atoms with Gasteiger partial charge in [-0.2, -0.15) is 0 Å². The molecule has 1 aromatic carbocycles. The van der Waals surface area contributed by atoms with Crippen molar-refractivity contribution in [2.45, 2.75) is 32.7 Å². The van der Waals surface area contributed by atoms with Crippen LogP contribution in [0, 0.1) is 11.8 Å². The summed E-state index contributed by atoms with van der Waals surface area (Å²) >= 11 is 0. The van der Waals surface area contributed by atoms with Crippen LogP contribution in [0.2, 0.25) is 0 Å². The van der Waals surface area contributed by atoms with Gasteiger partial charge in [0, 0.05) is 12.5 Å². The van der Waals surface area contributed by atoms with Crippen LogP contribution in [0.3, 0.4) is 0 Å². The molecule has 0 radical (unpaired) electrons. The summed E-state index contributed by atoms with van der Waals surface area (Å²) in [5.74, 6) is 1.12. The van der Waals surface area contributed by atoms with E-state index >= 15 is 0 Å². The predicted molar refractivity (Wildman–Crippen MR) is 66.5 cm³/mol. The lowest BCUT2D eigenvalue weighted by Crippen LogP contribution is -2.31. The Morgan fingerprint density at radius 3 is 2.65 bits per heavy atom. The van der Waals surface area contributed by atoms with Crippen LogP contribution < -0.4 is 5.32 Å². The van der Waals surface area contributed by atoms with Crippen molar-refractivity contribution in [2.75, 3.05) is 0 Å². The fourth-order valence-electron chi connectivity index (χ4n) is 2.47. The highest BCUT2D eigenvalue weighted by Gasteiger charge is 2.29. The first-order valence-electron chi connectivity index (χ1n) is 6.22. The lowest BCUT2D eigenvalue weighted by Gasteiger charge is -2.15. The molecule has 0 aliphatic heterocycles. The second kappa shape index (κ2) is 5.21. The summed E-state index contributed by atoms with van der Waals surface area (Å²) in [6, 6.07) is 6.93. The lowest BCUT2D eigenvalue weighted by atomic mass is 9.97. The van der Waals surface area contributed by atoms with Crippen molar-refractivity contribution in [3.63, 3.8) is 0 Å². The van der Waals surface area contributed by atoms with Crippen molar-refractivity contribution in [1.29, 1.82) is 0 Å². The number of benzene rings is 1. The molecule has 1 amide bonds. The molecule has 3 heteroatoms. The highest BCUT2D eigenvalue weighted by atomic mass is 16.3. The molecule has 1 aromatic rings. The van der Waals surface area contributed by atoms with Gasteiger partial charge < -0.3 is 10.4 Å². The van der Waals surface area contributed by atoms with E-state index in [0.717, 1.165) is 18.4 Å². The van der Waals surface area contributed by atoms with Gasteiger partial charge in [-0.3, -0.25) is 4.79 Å². The van der Waals surface area contributed by atoms with E-state index in [9.17, 15) is 4.79 Å². The summed E-state index contributed by atoms with van der Waals surface area (Å²) in [6.45, 7) is 2.69. The first kappa shape index (κ1) is 12.0. The third kappa shape index (κ3) is 2.99. The minimum Gasteiger partial charge on any atom is -0.508 e. The topological polar surface area (TPSA) is 49.3 Å². The molecular weight excluding hydrogens is 214 g/mol. The average molecular weight is 233 g/mol. The van der Waals surface area contributed by atoms with E-state index in [-0.39, 0.29) is 17.6 Å². The smallest absolute Gasteiger partial charge is 0.223 e. The van der Waals surface area contributed by atoms with Crippen molar-refractivity contribution in [1.82, 2.24) is 5.32 Å². The SMILES string of the molecule is CC1CCCC1C(=O)NCc1ccc(O)cc1. The third-order valence-corrected chi connectivity index (χ3v) is 3.60. The molecule has 0 heterocycles. The number of phenolic OH excluding ortho intramolecular Hbond substituents is 1. The van der Waals surface area contributed by atoms with Gasteiger partial charge in [-0.1, -0.05) is 25.5 Å². The number of hydrogen-bond acceptors (Lipinski definition) is 2. The fraction of sp³-hybridized carbons (Fsp3) is 0.500. The number of phenols is 1. The third-order valence-electron chi connectivity index (χ3n) is 3.60. The molecule has 0 spiro atoms. The molecule has 0 saturated heterocycles. The molecule has 2 rings (SSSR count). The van der Waals surface area contributed by atoms with Crippen LogP contribution >= 0.6 is 0 Å². The van der Waals surface area contributed by atoms with Gasteiger partial charge in [-0.15, -0.1) is 0 Å². The Hall–Kier alpha value is -1.51. The van der Waals surface area contributed by atoms with E-state index in [4.69, 9.17) is 5.11 Å². The molecule has 1 aliphatic rings. The maximum Gasteiger partial charge on any atom is 0.223 e. The molecule has 2 unspecified atom stereocenters. The number of carbonyl (C=O) groups excluding carboxylic acids is 1. The second-order valence-corrected chi connectivity index (χ2v) is 4.90. The zero-order valence-corrected chi connectivity index (χ0v) is 10.1. The molecule has 1 fully saturated rings. The van der Waals surface area contributed by atoms with E-state index in [1.165, 1.54) is 6.42 Å². The summed E-state index contributed by atoms with van der Waals surface area (Å²) < 4.78 is 0. The molecule has 1 saturated carbocycles. The van der Waals surface area contributed by atoms with Crippen molar-refractivity contribution >= 4 is 5.91 Å². The maximum atomic E-state index is 11.9. The van der Waals surface area contributed by atoms with Crippen LogP contribution in [-0.4, -0.2) is 11.0 Å². The standard InChI is InChI=1S/C14H19NO2/c1-10-3-2-4-13(10)14(17)15-9-11-5-7-12(16)8-6-11/h5-8,10,13,16H,2-4,9H2,1H3,(H,15,17). The lowest BCUT2D eigenvalue weighted by molar-refractivity contribution is -0.126. The molecule has 2 atom stereocenters. The summed E-state index contributed by atoms with van der Waals surface area (Å²) in [7, 11) is 0. The Morgan fingerprint density at radius 1 is 1.35 bits per heavy atom. The summed E-state index contributed by atoms with van der Waals surface area (Å²) in [5, 5.41) is 12.1. The highest BCUT2D eigenvalue weighted by molar-refractivity contribution is 5.79. The maximum absolute atomic E-state index is 11.9. The molecule has 0 bridgehead atoms. The Bertz CT molecular complexity index is 386. The zero-order valence-electron chi connectivity index (χ0n) is 10.1. The first-order chi connectivity index (χ1) is 8.16. The summed E-state index contributed by atoms with van der Waals surface area (Å²) in [6.07, 6.45) is 3.35. The van der Waals surface area contributed by atoms with Crippen molar-refractivity contribution in [3.05, 3.63) is 29.8 Å². The van der Waals surface area contributed by atoms with Gasteiger partial charge in [0.1, 0.15) is 5.75 Å². The Balaban J connectivity index is 1.85. The van der Waals surface area contributed by atoms with E-state index in [2.05, 4.69) is 12.2 Å².